The molecule has 0 aromatic carbocycles. The highest BCUT2D eigenvalue weighted by atomic mass is 16.7. The summed E-state index contributed by atoms with van der Waals surface area (Å²) in [6.07, 6.45) is 11.0. The SMILES string of the molecule is CCCCCCCCC(CCC)(NCCN)C(C)(OC)OC. The van der Waals surface area contributed by atoms with Crippen LogP contribution in [0.2, 0.25) is 0 Å². The number of unbranched alkanes of at least 4 members (excludes halogenated alkanes) is 5. The van der Waals surface area contributed by atoms with Gasteiger partial charge in [-0.05, 0) is 19.8 Å². The van der Waals surface area contributed by atoms with Gasteiger partial charge in [0, 0.05) is 27.3 Å². The van der Waals surface area contributed by atoms with Crippen molar-refractivity contribution in [3.63, 3.8) is 0 Å². The summed E-state index contributed by atoms with van der Waals surface area (Å²) in [4.78, 5) is 0. The monoisotopic (exact) mass is 316 g/mol. The number of hydrogen-bond donors (Lipinski definition) is 2. The fourth-order valence-corrected chi connectivity index (χ4v) is 3.34. The lowest BCUT2D eigenvalue weighted by molar-refractivity contribution is -0.246. The Kier molecular flexibility index (Phi) is 12.2. The number of ether oxygens (including phenoxy) is 2. The molecule has 0 saturated heterocycles. The molecule has 0 fully saturated rings. The van der Waals surface area contributed by atoms with E-state index in [0.717, 1.165) is 25.8 Å². The first-order valence-electron chi connectivity index (χ1n) is 9.11. The second-order valence-electron chi connectivity index (χ2n) is 6.42. The molecule has 0 aliphatic carbocycles. The lowest BCUT2D eigenvalue weighted by atomic mass is 9.80. The fraction of sp³-hybridized carbons (Fsp3) is 1.00. The number of methoxy groups -OCH3 is 2. The predicted molar refractivity (Wildman–Crippen MR) is 95.1 cm³/mol. The molecule has 0 radical (unpaired) electrons. The Bertz CT molecular complexity index is 257. The van der Waals surface area contributed by atoms with Gasteiger partial charge in [-0.25, -0.2) is 0 Å². The Morgan fingerprint density at radius 2 is 1.45 bits per heavy atom. The molecule has 0 rings (SSSR count). The molecule has 0 aliphatic rings. The van der Waals surface area contributed by atoms with E-state index in [9.17, 15) is 0 Å². The molecular weight excluding hydrogens is 276 g/mol. The van der Waals surface area contributed by atoms with Crippen molar-refractivity contribution in [2.45, 2.75) is 89.9 Å². The minimum atomic E-state index is -0.623. The van der Waals surface area contributed by atoms with E-state index in [1.807, 2.05) is 6.92 Å². The largest absolute Gasteiger partial charge is 0.352 e. The van der Waals surface area contributed by atoms with Crippen molar-refractivity contribution in [1.82, 2.24) is 5.32 Å². The molecule has 0 amide bonds. The van der Waals surface area contributed by atoms with E-state index in [4.69, 9.17) is 15.2 Å². The van der Waals surface area contributed by atoms with Crippen molar-refractivity contribution in [1.29, 1.82) is 0 Å². The lowest BCUT2D eigenvalue weighted by Gasteiger charge is -2.47. The second kappa shape index (κ2) is 12.3. The van der Waals surface area contributed by atoms with Crippen molar-refractivity contribution in [2.24, 2.45) is 5.73 Å². The van der Waals surface area contributed by atoms with Gasteiger partial charge in [-0.15, -0.1) is 0 Å². The summed E-state index contributed by atoms with van der Waals surface area (Å²) in [5.74, 6) is -0.623. The first kappa shape index (κ1) is 21.8. The molecule has 0 aromatic heterocycles. The van der Waals surface area contributed by atoms with Gasteiger partial charge in [-0.3, -0.25) is 0 Å². The molecule has 4 heteroatoms. The quantitative estimate of drug-likeness (QED) is 0.356. The summed E-state index contributed by atoms with van der Waals surface area (Å²) in [6.45, 7) is 7.93. The molecule has 0 heterocycles. The summed E-state index contributed by atoms with van der Waals surface area (Å²) >= 11 is 0. The highest BCUT2D eigenvalue weighted by molar-refractivity contribution is 4.99. The van der Waals surface area contributed by atoms with Gasteiger partial charge in [0.15, 0.2) is 5.79 Å². The molecule has 4 nitrogen and oxygen atoms in total. The average molecular weight is 317 g/mol. The first-order valence-corrected chi connectivity index (χ1v) is 9.11. The standard InChI is InChI=1S/C18H40N2O2/c1-6-8-9-10-11-12-14-18(13-7-2,20-16-15-19)17(3,21-4)22-5/h20H,6-16,19H2,1-5H3. The van der Waals surface area contributed by atoms with E-state index in [-0.39, 0.29) is 5.54 Å². The maximum atomic E-state index is 5.77. The molecule has 3 N–H and O–H groups in total. The summed E-state index contributed by atoms with van der Waals surface area (Å²) < 4.78 is 11.5. The highest BCUT2D eigenvalue weighted by Gasteiger charge is 2.47. The average Bonchev–Trinajstić information content (AvgIpc) is 2.54. The fourth-order valence-electron chi connectivity index (χ4n) is 3.34. The Hall–Kier alpha value is -0.160. The van der Waals surface area contributed by atoms with Crippen molar-refractivity contribution in [2.75, 3.05) is 27.3 Å². The molecule has 22 heavy (non-hydrogen) atoms. The van der Waals surface area contributed by atoms with Crippen LogP contribution in [0.3, 0.4) is 0 Å². The van der Waals surface area contributed by atoms with Crippen LogP contribution in [0.15, 0.2) is 0 Å². The van der Waals surface area contributed by atoms with Crippen LogP contribution < -0.4 is 11.1 Å². The molecule has 134 valence electrons. The summed E-state index contributed by atoms with van der Waals surface area (Å²) in [5, 5.41) is 3.65. The molecule has 1 atom stereocenters. The zero-order valence-corrected chi connectivity index (χ0v) is 15.7. The zero-order valence-electron chi connectivity index (χ0n) is 15.7. The number of nitrogens with one attached hydrogen (secondary N) is 1. The number of rotatable bonds is 15. The Labute approximate surface area is 138 Å². The van der Waals surface area contributed by atoms with E-state index in [0.29, 0.717) is 6.54 Å². The molecule has 0 spiro atoms. The van der Waals surface area contributed by atoms with Crippen LogP contribution in [0.1, 0.15) is 78.6 Å². The number of nitrogens with two attached hydrogens (primary N) is 1. The third-order valence-electron chi connectivity index (χ3n) is 4.89. The topological polar surface area (TPSA) is 56.5 Å². The smallest absolute Gasteiger partial charge is 0.182 e. The van der Waals surface area contributed by atoms with Gasteiger partial charge in [-0.1, -0.05) is 58.8 Å². The minimum Gasteiger partial charge on any atom is -0.352 e. The van der Waals surface area contributed by atoms with Crippen LogP contribution in [-0.4, -0.2) is 38.6 Å². The lowest BCUT2D eigenvalue weighted by Crippen LogP contribution is -2.64. The highest BCUT2D eigenvalue weighted by Crippen LogP contribution is 2.35. The van der Waals surface area contributed by atoms with Crippen LogP contribution in [0, 0.1) is 0 Å². The van der Waals surface area contributed by atoms with Crippen molar-refractivity contribution >= 4 is 0 Å². The Morgan fingerprint density at radius 3 is 1.95 bits per heavy atom. The summed E-state index contributed by atoms with van der Waals surface area (Å²) in [6, 6.07) is 0. The van der Waals surface area contributed by atoms with Crippen LogP contribution in [0.5, 0.6) is 0 Å². The van der Waals surface area contributed by atoms with E-state index in [2.05, 4.69) is 19.2 Å². The first-order chi connectivity index (χ1) is 10.6. The summed E-state index contributed by atoms with van der Waals surface area (Å²) in [5.41, 5.74) is 5.55. The van der Waals surface area contributed by atoms with Crippen LogP contribution in [-0.2, 0) is 9.47 Å². The van der Waals surface area contributed by atoms with Gasteiger partial charge in [0.05, 0.1) is 5.54 Å². The molecule has 0 aromatic rings. The van der Waals surface area contributed by atoms with E-state index in [1.54, 1.807) is 14.2 Å². The van der Waals surface area contributed by atoms with Crippen LogP contribution >= 0.6 is 0 Å². The normalized spacial score (nSPS) is 15.0. The van der Waals surface area contributed by atoms with Gasteiger partial charge in [0.2, 0.25) is 0 Å². The third kappa shape index (κ3) is 6.53. The molecule has 0 aliphatic heterocycles. The Morgan fingerprint density at radius 1 is 0.864 bits per heavy atom. The van der Waals surface area contributed by atoms with E-state index in [1.165, 1.54) is 38.5 Å². The van der Waals surface area contributed by atoms with E-state index < -0.39 is 5.79 Å². The molecule has 0 bridgehead atoms. The predicted octanol–water partition coefficient (Wildman–Crippen LogP) is 3.83. The van der Waals surface area contributed by atoms with Crippen molar-refractivity contribution < 1.29 is 9.47 Å². The van der Waals surface area contributed by atoms with Crippen LogP contribution in [0.25, 0.3) is 0 Å². The second-order valence-corrected chi connectivity index (χ2v) is 6.42. The molecule has 0 saturated carbocycles. The zero-order chi connectivity index (χ0) is 16.9. The van der Waals surface area contributed by atoms with Crippen molar-refractivity contribution in [3.8, 4) is 0 Å². The Balaban J connectivity index is 4.80. The van der Waals surface area contributed by atoms with Crippen molar-refractivity contribution in [3.05, 3.63) is 0 Å². The maximum absolute atomic E-state index is 5.77. The third-order valence-corrected chi connectivity index (χ3v) is 4.89. The van der Waals surface area contributed by atoms with Crippen LogP contribution in [0.4, 0.5) is 0 Å². The van der Waals surface area contributed by atoms with Gasteiger partial charge in [0.1, 0.15) is 0 Å². The van der Waals surface area contributed by atoms with Gasteiger partial charge in [0.25, 0.3) is 0 Å². The summed E-state index contributed by atoms with van der Waals surface area (Å²) in [7, 11) is 3.47. The van der Waals surface area contributed by atoms with Gasteiger partial charge >= 0.3 is 0 Å². The molecule has 1 unspecified atom stereocenters. The van der Waals surface area contributed by atoms with E-state index >= 15 is 0 Å². The maximum Gasteiger partial charge on any atom is 0.182 e. The molecular formula is C18H40N2O2. The van der Waals surface area contributed by atoms with Gasteiger partial charge < -0.3 is 20.5 Å². The minimum absolute atomic E-state index is 0.171. The number of hydrogen-bond acceptors (Lipinski definition) is 4. The van der Waals surface area contributed by atoms with Gasteiger partial charge in [-0.2, -0.15) is 0 Å².